The quantitative estimate of drug-likeness (QED) is 0.400. The highest BCUT2D eigenvalue weighted by atomic mass is 32.2. The summed E-state index contributed by atoms with van der Waals surface area (Å²) >= 11 is 0.673. The van der Waals surface area contributed by atoms with E-state index in [1.54, 1.807) is 35.4 Å². The van der Waals surface area contributed by atoms with Gasteiger partial charge in [0.2, 0.25) is 0 Å². The van der Waals surface area contributed by atoms with Crippen LogP contribution in [0.15, 0.2) is 77.8 Å². The second-order valence-corrected chi connectivity index (χ2v) is 10.0. The van der Waals surface area contributed by atoms with Gasteiger partial charge in [-0.15, -0.1) is 0 Å². The number of rotatable bonds is 5. The molecule has 3 amide bonds. The zero-order valence-electron chi connectivity index (χ0n) is 20.6. The first-order chi connectivity index (χ1) is 18.7. The van der Waals surface area contributed by atoms with Gasteiger partial charge in [-0.1, -0.05) is 36.4 Å². The van der Waals surface area contributed by atoms with Crippen LogP contribution in [0.3, 0.4) is 0 Å². The lowest BCUT2D eigenvalue weighted by atomic mass is 10.1. The molecule has 0 atom stereocenters. The average Bonchev–Trinajstić information content (AvgIpc) is 3.20. The molecular weight excluding hydrogens is 529 g/mol. The fourth-order valence-electron chi connectivity index (χ4n) is 4.48. The molecule has 7 nitrogen and oxygen atoms in total. The van der Waals surface area contributed by atoms with Crippen LogP contribution in [-0.4, -0.2) is 58.0 Å². The van der Waals surface area contributed by atoms with Crippen LogP contribution in [0.4, 0.5) is 23.8 Å². The number of imide groups is 1. The minimum Gasteiger partial charge on any atom is -0.353 e. The predicted octanol–water partition coefficient (Wildman–Crippen LogP) is 5.30. The van der Waals surface area contributed by atoms with Crippen molar-refractivity contribution in [2.24, 2.45) is 0 Å². The van der Waals surface area contributed by atoms with E-state index in [1.807, 2.05) is 18.2 Å². The molecule has 200 valence electrons. The van der Waals surface area contributed by atoms with Crippen LogP contribution in [0, 0.1) is 0 Å². The van der Waals surface area contributed by atoms with Gasteiger partial charge < -0.3 is 9.80 Å². The molecule has 0 unspecified atom stereocenters. The van der Waals surface area contributed by atoms with Crippen molar-refractivity contribution in [3.8, 4) is 0 Å². The van der Waals surface area contributed by atoms with Gasteiger partial charge in [-0.05, 0) is 59.3 Å². The number of carbonyl (C=O) groups is 3. The molecule has 11 heteroatoms. The van der Waals surface area contributed by atoms with Crippen LogP contribution in [0.25, 0.3) is 6.08 Å². The fourth-order valence-corrected chi connectivity index (χ4v) is 5.31. The van der Waals surface area contributed by atoms with E-state index in [0.29, 0.717) is 49.1 Å². The molecule has 0 aliphatic carbocycles. The summed E-state index contributed by atoms with van der Waals surface area (Å²) in [4.78, 5) is 47.5. The van der Waals surface area contributed by atoms with Crippen molar-refractivity contribution in [2.45, 2.75) is 12.7 Å². The second-order valence-electron chi connectivity index (χ2n) is 9.01. The van der Waals surface area contributed by atoms with E-state index in [4.69, 9.17) is 0 Å². The van der Waals surface area contributed by atoms with E-state index in [-0.39, 0.29) is 16.4 Å². The van der Waals surface area contributed by atoms with Crippen molar-refractivity contribution >= 4 is 40.7 Å². The summed E-state index contributed by atoms with van der Waals surface area (Å²) in [5.41, 5.74) is 0.0479. The molecule has 1 aromatic heterocycles. The van der Waals surface area contributed by atoms with Crippen molar-refractivity contribution in [1.82, 2.24) is 14.8 Å². The molecule has 3 heterocycles. The second kappa shape index (κ2) is 10.9. The number of hydrogen-bond donors (Lipinski definition) is 0. The summed E-state index contributed by atoms with van der Waals surface area (Å²) in [6.07, 6.45) is -1.36. The summed E-state index contributed by atoms with van der Waals surface area (Å²) in [6.45, 7) is 1.98. The van der Waals surface area contributed by atoms with E-state index in [1.165, 1.54) is 24.3 Å². The zero-order valence-corrected chi connectivity index (χ0v) is 21.4. The number of piperazine rings is 1. The number of pyridine rings is 1. The van der Waals surface area contributed by atoms with E-state index in [9.17, 15) is 27.6 Å². The Morgan fingerprint density at radius 3 is 2.28 bits per heavy atom. The Labute approximate surface area is 226 Å². The summed E-state index contributed by atoms with van der Waals surface area (Å²) in [7, 11) is 0. The molecule has 0 spiro atoms. The third kappa shape index (κ3) is 5.83. The molecule has 2 aliphatic rings. The Bertz CT molecular complexity index is 1420. The largest absolute Gasteiger partial charge is 0.416 e. The Hall–Kier alpha value is -4.12. The SMILES string of the molecule is O=C(c1ccc(C=C2SC(=O)N(Cc3ccccc3C(F)(F)F)C2=O)cc1)N1CCN(c2ccccn2)CC1. The van der Waals surface area contributed by atoms with Crippen LogP contribution in [-0.2, 0) is 17.5 Å². The van der Waals surface area contributed by atoms with Crippen molar-refractivity contribution in [1.29, 1.82) is 0 Å². The number of hydrogen-bond acceptors (Lipinski definition) is 6. The summed E-state index contributed by atoms with van der Waals surface area (Å²) in [5.74, 6) is 0.113. The number of thioether (sulfide) groups is 1. The van der Waals surface area contributed by atoms with Crippen molar-refractivity contribution in [3.63, 3.8) is 0 Å². The number of amides is 3. The number of carbonyl (C=O) groups excluding carboxylic acids is 3. The summed E-state index contributed by atoms with van der Waals surface area (Å²) < 4.78 is 40.0. The minimum absolute atomic E-state index is 0.106. The Morgan fingerprint density at radius 1 is 0.923 bits per heavy atom. The third-order valence-electron chi connectivity index (χ3n) is 6.52. The van der Waals surface area contributed by atoms with Crippen LogP contribution in [0.1, 0.15) is 27.0 Å². The molecule has 39 heavy (non-hydrogen) atoms. The van der Waals surface area contributed by atoms with E-state index in [0.717, 1.165) is 16.8 Å². The van der Waals surface area contributed by atoms with Crippen LogP contribution in [0.5, 0.6) is 0 Å². The van der Waals surface area contributed by atoms with Crippen molar-refractivity contribution < 1.29 is 27.6 Å². The van der Waals surface area contributed by atoms with E-state index >= 15 is 0 Å². The van der Waals surface area contributed by atoms with Crippen LogP contribution in [0.2, 0.25) is 0 Å². The van der Waals surface area contributed by atoms with Gasteiger partial charge in [-0.25, -0.2) is 4.98 Å². The molecule has 2 aliphatic heterocycles. The highest BCUT2D eigenvalue weighted by molar-refractivity contribution is 8.18. The lowest BCUT2D eigenvalue weighted by molar-refractivity contribution is -0.139. The monoisotopic (exact) mass is 552 g/mol. The number of halogens is 3. The Morgan fingerprint density at radius 2 is 1.62 bits per heavy atom. The molecule has 0 saturated carbocycles. The number of benzene rings is 2. The summed E-state index contributed by atoms with van der Waals surface area (Å²) in [5, 5.41) is -0.639. The highest BCUT2D eigenvalue weighted by Crippen LogP contribution is 2.36. The number of alkyl halides is 3. The number of aromatic nitrogens is 1. The molecule has 0 radical (unpaired) electrons. The smallest absolute Gasteiger partial charge is 0.353 e. The molecule has 0 N–H and O–H groups in total. The van der Waals surface area contributed by atoms with Gasteiger partial charge in [-0.3, -0.25) is 19.3 Å². The van der Waals surface area contributed by atoms with Crippen molar-refractivity contribution in [3.05, 3.63) is 100 Å². The number of anilines is 1. The molecule has 2 fully saturated rings. The first kappa shape index (κ1) is 26.5. The Balaban J connectivity index is 1.23. The predicted molar refractivity (Wildman–Crippen MR) is 142 cm³/mol. The molecule has 2 aromatic carbocycles. The topological polar surface area (TPSA) is 73.8 Å². The Kier molecular flexibility index (Phi) is 7.42. The first-order valence-corrected chi connectivity index (χ1v) is 13.0. The van der Waals surface area contributed by atoms with E-state index in [2.05, 4.69) is 9.88 Å². The fraction of sp³-hybridized carbons (Fsp3) is 0.214. The van der Waals surface area contributed by atoms with Crippen LogP contribution < -0.4 is 4.90 Å². The zero-order chi connectivity index (χ0) is 27.6. The van der Waals surface area contributed by atoms with Gasteiger partial charge in [0, 0.05) is 37.9 Å². The number of nitrogens with zero attached hydrogens (tertiary/aromatic N) is 4. The maximum absolute atomic E-state index is 13.3. The van der Waals surface area contributed by atoms with Gasteiger partial charge in [0.05, 0.1) is 17.0 Å². The maximum atomic E-state index is 13.3. The van der Waals surface area contributed by atoms with Crippen LogP contribution >= 0.6 is 11.8 Å². The lowest BCUT2D eigenvalue weighted by Crippen LogP contribution is -2.49. The molecule has 0 bridgehead atoms. The van der Waals surface area contributed by atoms with Crippen molar-refractivity contribution in [2.75, 3.05) is 31.1 Å². The lowest BCUT2D eigenvalue weighted by Gasteiger charge is -2.35. The van der Waals surface area contributed by atoms with Gasteiger partial charge in [0.1, 0.15) is 5.82 Å². The van der Waals surface area contributed by atoms with E-state index < -0.39 is 29.4 Å². The molecule has 3 aromatic rings. The molecule has 2 saturated heterocycles. The standard InChI is InChI=1S/C28H23F3N4O3S/c29-28(30,31)22-6-2-1-5-21(22)18-35-26(37)23(39-27(35)38)17-19-8-10-20(11-9-19)25(36)34-15-13-33(14-16-34)24-7-3-4-12-32-24/h1-12,17H,13-16,18H2. The molecular formula is C28H23F3N4O3S. The highest BCUT2D eigenvalue weighted by Gasteiger charge is 2.38. The summed E-state index contributed by atoms with van der Waals surface area (Å²) in [6, 6.07) is 17.2. The third-order valence-corrected chi connectivity index (χ3v) is 7.43. The van der Waals surface area contributed by atoms with Gasteiger partial charge in [0.25, 0.3) is 17.1 Å². The van der Waals surface area contributed by atoms with Gasteiger partial charge in [0.15, 0.2) is 0 Å². The first-order valence-electron chi connectivity index (χ1n) is 12.2. The molecule has 5 rings (SSSR count). The van der Waals surface area contributed by atoms with Gasteiger partial charge >= 0.3 is 6.18 Å². The van der Waals surface area contributed by atoms with Gasteiger partial charge in [-0.2, -0.15) is 13.2 Å². The normalized spacial score (nSPS) is 17.3. The maximum Gasteiger partial charge on any atom is 0.416 e. The average molecular weight is 553 g/mol. The minimum atomic E-state index is -4.60.